The maximum atomic E-state index is 12.4. The zero-order valence-electron chi connectivity index (χ0n) is 13.5. The highest BCUT2D eigenvalue weighted by atomic mass is 32.2. The summed E-state index contributed by atoms with van der Waals surface area (Å²) < 4.78 is 0. The number of carbonyl (C=O) groups excluding carboxylic acids is 1. The Bertz CT molecular complexity index is 829. The number of thioether (sulfide) groups is 1. The smallest absolute Gasteiger partial charge is 0.255 e. The van der Waals surface area contributed by atoms with Crippen LogP contribution < -0.4 is 5.32 Å². The van der Waals surface area contributed by atoms with Crippen molar-refractivity contribution in [1.29, 1.82) is 0 Å². The Kier molecular flexibility index (Phi) is 4.96. The van der Waals surface area contributed by atoms with Crippen LogP contribution in [0.4, 0.5) is 5.69 Å². The summed E-state index contributed by atoms with van der Waals surface area (Å²) in [7, 11) is 0. The van der Waals surface area contributed by atoms with E-state index in [-0.39, 0.29) is 5.91 Å². The second kappa shape index (κ2) is 7.31. The normalized spacial score (nSPS) is 10.6. The van der Waals surface area contributed by atoms with E-state index in [0.717, 1.165) is 27.6 Å². The highest BCUT2D eigenvalue weighted by molar-refractivity contribution is 7.98. The van der Waals surface area contributed by atoms with Crippen LogP contribution in [0.15, 0.2) is 53.7 Å². The molecule has 1 aromatic heterocycles. The Hall–Kier alpha value is -2.60. The van der Waals surface area contributed by atoms with Gasteiger partial charge in [0.2, 0.25) is 0 Å². The van der Waals surface area contributed by atoms with E-state index in [1.807, 2.05) is 50.2 Å². The lowest BCUT2D eigenvalue weighted by molar-refractivity contribution is 0.102. The summed E-state index contributed by atoms with van der Waals surface area (Å²) in [5.41, 5.74) is 4.86. The minimum atomic E-state index is -0.0994. The lowest BCUT2D eigenvalue weighted by atomic mass is 10.1. The number of benzene rings is 2. The Morgan fingerprint density at radius 3 is 2.62 bits per heavy atom. The summed E-state index contributed by atoms with van der Waals surface area (Å²) in [6.07, 6.45) is 1.69. The molecule has 3 aromatic rings. The fourth-order valence-electron chi connectivity index (χ4n) is 2.32. The summed E-state index contributed by atoms with van der Waals surface area (Å²) >= 11 is 1.59. The molecule has 122 valence electrons. The summed E-state index contributed by atoms with van der Waals surface area (Å²) in [6.45, 7) is 4.03. The van der Waals surface area contributed by atoms with Gasteiger partial charge in [-0.15, -0.1) is 5.10 Å². The molecule has 5 nitrogen and oxygen atoms in total. The van der Waals surface area contributed by atoms with Crippen molar-refractivity contribution in [2.45, 2.75) is 24.6 Å². The van der Waals surface area contributed by atoms with Crippen LogP contribution in [0.3, 0.4) is 0 Å². The highest BCUT2D eigenvalue weighted by Gasteiger charge is 2.08. The average Bonchev–Trinajstić information content (AvgIpc) is 3.09. The van der Waals surface area contributed by atoms with E-state index < -0.39 is 0 Å². The second-order valence-corrected chi connectivity index (χ2v) is 6.56. The molecule has 0 aliphatic heterocycles. The van der Waals surface area contributed by atoms with Gasteiger partial charge in [-0.25, -0.2) is 0 Å². The number of hydrogen-bond acceptors (Lipinski definition) is 4. The van der Waals surface area contributed by atoms with E-state index in [4.69, 9.17) is 0 Å². The van der Waals surface area contributed by atoms with Crippen molar-refractivity contribution in [2.75, 3.05) is 5.32 Å². The number of amides is 1. The third-order valence-electron chi connectivity index (χ3n) is 3.63. The van der Waals surface area contributed by atoms with E-state index in [2.05, 4.69) is 26.8 Å². The van der Waals surface area contributed by atoms with Gasteiger partial charge in [-0.3, -0.25) is 4.79 Å². The van der Waals surface area contributed by atoms with E-state index in [0.29, 0.717) is 5.56 Å². The molecule has 0 fully saturated rings. The number of anilines is 1. The van der Waals surface area contributed by atoms with Crippen molar-refractivity contribution in [2.24, 2.45) is 0 Å². The van der Waals surface area contributed by atoms with Crippen LogP contribution >= 0.6 is 11.8 Å². The van der Waals surface area contributed by atoms with Crippen molar-refractivity contribution in [3.8, 4) is 0 Å². The minimum absolute atomic E-state index is 0.0994. The van der Waals surface area contributed by atoms with Gasteiger partial charge >= 0.3 is 0 Å². The molecule has 0 saturated heterocycles. The number of aromatic nitrogens is 3. The molecule has 0 atom stereocenters. The van der Waals surface area contributed by atoms with E-state index in [9.17, 15) is 4.79 Å². The summed E-state index contributed by atoms with van der Waals surface area (Å²) in [5.74, 6) is 0.684. The van der Waals surface area contributed by atoms with Crippen LogP contribution in [0.1, 0.15) is 27.0 Å². The first-order chi connectivity index (χ1) is 11.6. The molecule has 24 heavy (non-hydrogen) atoms. The van der Waals surface area contributed by atoms with Crippen LogP contribution in [0.25, 0.3) is 0 Å². The molecular formula is C18H18N4OS. The van der Waals surface area contributed by atoms with Crippen LogP contribution in [0.2, 0.25) is 0 Å². The number of hydrogen-bond donors (Lipinski definition) is 2. The van der Waals surface area contributed by atoms with Crippen LogP contribution in [-0.2, 0) is 5.75 Å². The molecule has 6 heteroatoms. The Morgan fingerprint density at radius 1 is 1.17 bits per heavy atom. The largest absolute Gasteiger partial charge is 0.322 e. The standard InChI is InChI=1S/C18H18N4OS/c1-12-3-8-16(13(2)9-12)20-18(23)15-6-4-14(5-7-15)11-24-17-10-19-22-21-17/h3-10H,11H2,1-2H3,(H,20,23)(H,19,21,22). The quantitative estimate of drug-likeness (QED) is 0.691. The maximum absolute atomic E-state index is 12.4. The zero-order chi connectivity index (χ0) is 16.9. The number of H-pyrrole nitrogens is 1. The fourth-order valence-corrected chi connectivity index (χ4v) is 3.06. The molecule has 1 amide bonds. The van der Waals surface area contributed by atoms with Crippen LogP contribution in [-0.4, -0.2) is 21.3 Å². The van der Waals surface area contributed by atoms with E-state index in [1.54, 1.807) is 18.0 Å². The lowest BCUT2D eigenvalue weighted by Crippen LogP contribution is -2.12. The molecule has 0 bridgehead atoms. The van der Waals surface area contributed by atoms with Crippen molar-refractivity contribution in [3.63, 3.8) is 0 Å². The number of nitrogens with zero attached hydrogens (tertiary/aromatic N) is 2. The van der Waals surface area contributed by atoms with Gasteiger partial charge in [0.1, 0.15) is 5.03 Å². The van der Waals surface area contributed by atoms with Gasteiger partial charge in [0.15, 0.2) is 0 Å². The van der Waals surface area contributed by atoms with Gasteiger partial charge in [-0.2, -0.15) is 10.3 Å². The van der Waals surface area contributed by atoms with Gasteiger partial charge in [0, 0.05) is 17.0 Å². The monoisotopic (exact) mass is 338 g/mol. The summed E-state index contributed by atoms with van der Waals surface area (Å²) in [4.78, 5) is 12.4. The molecule has 0 unspecified atom stereocenters. The first kappa shape index (κ1) is 16.3. The number of aryl methyl sites for hydroxylation is 2. The van der Waals surface area contributed by atoms with Gasteiger partial charge in [-0.05, 0) is 43.2 Å². The third kappa shape index (κ3) is 4.02. The molecular weight excluding hydrogens is 320 g/mol. The SMILES string of the molecule is Cc1ccc(NC(=O)c2ccc(CSc3cn[nH]n3)cc2)c(C)c1. The first-order valence-corrected chi connectivity index (χ1v) is 8.56. The molecule has 2 N–H and O–H groups in total. The predicted octanol–water partition coefficient (Wildman–Crippen LogP) is 3.97. The van der Waals surface area contributed by atoms with Crippen molar-refractivity contribution >= 4 is 23.4 Å². The average molecular weight is 338 g/mol. The van der Waals surface area contributed by atoms with Crippen LogP contribution in [0, 0.1) is 13.8 Å². The zero-order valence-corrected chi connectivity index (χ0v) is 14.4. The second-order valence-electron chi connectivity index (χ2n) is 5.57. The van der Waals surface area contributed by atoms with Gasteiger partial charge in [0.25, 0.3) is 5.91 Å². The molecule has 0 aliphatic rings. The molecule has 0 spiro atoms. The number of aromatic amines is 1. The summed E-state index contributed by atoms with van der Waals surface area (Å²) in [6, 6.07) is 13.6. The highest BCUT2D eigenvalue weighted by Crippen LogP contribution is 2.20. The Balaban J connectivity index is 1.63. The summed E-state index contributed by atoms with van der Waals surface area (Å²) in [5, 5.41) is 14.2. The van der Waals surface area contributed by atoms with Crippen LogP contribution in [0.5, 0.6) is 0 Å². The first-order valence-electron chi connectivity index (χ1n) is 7.58. The van der Waals surface area contributed by atoms with E-state index in [1.165, 1.54) is 5.56 Å². The molecule has 0 radical (unpaired) electrons. The van der Waals surface area contributed by atoms with Crippen molar-refractivity contribution < 1.29 is 4.79 Å². The number of nitrogens with one attached hydrogen (secondary N) is 2. The maximum Gasteiger partial charge on any atom is 0.255 e. The predicted molar refractivity (Wildman–Crippen MR) is 96.3 cm³/mol. The molecule has 3 rings (SSSR count). The van der Waals surface area contributed by atoms with Gasteiger partial charge in [0.05, 0.1) is 6.20 Å². The van der Waals surface area contributed by atoms with Gasteiger partial charge < -0.3 is 5.32 Å². The minimum Gasteiger partial charge on any atom is -0.322 e. The Labute approximate surface area is 144 Å². The molecule has 1 heterocycles. The lowest BCUT2D eigenvalue weighted by Gasteiger charge is -2.09. The Morgan fingerprint density at radius 2 is 1.96 bits per heavy atom. The van der Waals surface area contributed by atoms with Crippen molar-refractivity contribution in [1.82, 2.24) is 15.4 Å². The van der Waals surface area contributed by atoms with Gasteiger partial charge in [-0.1, -0.05) is 41.6 Å². The number of rotatable bonds is 5. The molecule has 0 aliphatic carbocycles. The number of carbonyl (C=O) groups is 1. The fraction of sp³-hybridized carbons (Fsp3) is 0.167. The molecule has 0 saturated carbocycles. The van der Waals surface area contributed by atoms with Crippen molar-refractivity contribution in [3.05, 3.63) is 70.9 Å². The third-order valence-corrected chi connectivity index (χ3v) is 4.60. The van der Waals surface area contributed by atoms with E-state index >= 15 is 0 Å². The topological polar surface area (TPSA) is 70.7 Å². The molecule has 2 aromatic carbocycles.